The third-order valence-corrected chi connectivity index (χ3v) is 13.6. The zero-order chi connectivity index (χ0) is 46.4. The van der Waals surface area contributed by atoms with E-state index in [1.54, 1.807) is 0 Å². The monoisotopic (exact) mass is 960 g/mol. The van der Waals surface area contributed by atoms with Crippen molar-refractivity contribution in [3.05, 3.63) is 42.7 Å². The molecule has 0 spiro atoms. The molecule has 1 aliphatic heterocycles. The number of rotatable bonds is 28. The number of nitrogens with one attached hydrogen (secondary N) is 2. The predicted octanol–water partition coefficient (Wildman–Crippen LogP) is 1.05. The van der Waals surface area contributed by atoms with Crippen LogP contribution in [0.3, 0.4) is 0 Å². The Bertz CT molecular complexity index is 2120. The number of pyridine rings is 1. The molecule has 3 aromatic heterocycles. The normalized spacial score (nSPS) is 24.8. The SMILES string of the molecule is C.NCCCCCC(=O)CCCCCCC(=O)NCCCNc1ncnc2c1ncn2[C@@H]1C[C@H](COP(=O)(O)OP(=O)(O)OC[C@H]2O[C@@H]([n+]3cccc(C(N)=O)c3)[C@H](O)[C@@H]2O)[C@@H](O)[C@H]1O. The van der Waals surface area contributed by atoms with Crippen LogP contribution in [-0.4, -0.2) is 131 Å². The summed E-state index contributed by atoms with van der Waals surface area (Å²) in [6.07, 6.45) is 4.88. The summed E-state index contributed by atoms with van der Waals surface area (Å²) in [5.74, 6) is -1.11. The number of ketones is 1. The predicted molar refractivity (Wildman–Crippen MR) is 231 cm³/mol. The van der Waals surface area contributed by atoms with E-state index >= 15 is 0 Å². The molecular formula is C39H64N9O15P2+. The zero-order valence-electron chi connectivity index (χ0n) is 35.2. The van der Waals surface area contributed by atoms with Gasteiger partial charge in [-0.2, -0.15) is 8.88 Å². The molecule has 0 bridgehead atoms. The molecular weight excluding hydrogens is 896 g/mol. The van der Waals surface area contributed by atoms with Crippen LogP contribution in [0.5, 0.6) is 0 Å². The van der Waals surface area contributed by atoms with Crippen molar-refractivity contribution in [2.24, 2.45) is 17.4 Å². The van der Waals surface area contributed by atoms with E-state index in [2.05, 4.69) is 29.9 Å². The smallest absolute Gasteiger partial charge is 0.390 e. The van der Waals surface area contributed by atoms with Gasteiger partial charge in [-0.05, 0) is 51.1 Å². The number of carbonyl (C=O) groups excluding carboxylic acids is 3. The minimum absolute atomic E-state index is 0. The van der Waals surface area contributed by atoms with Gasteiger partial charge < -0.3 is 61.6 Å². The first-order valence-electron chi connectivity index (χ1n) is 21.2. The molecule has 2 amide bonds. The summed E-state index contributed by atoms with van der Waals surface area (Å²) in [6, 6.07) is 2.02. The summed E-state index contributed by atoms with van der Waals surface area (Å²) < 4.78 is 47.8. The fourth-order valence-corrected chi connectivity index (χ4v) is 9.69. The number of Topliss-reactive ketones (excluding diaryl/α,β-unsaturated/α-hetero) is 1. The Hall–Kier alpha value is -3.87. The molecule has 24 nitrogen and oxygen atoms in total. The van der Waals surface area contributed by atoms with Crippen LogP contribution in [0.25, 0.3) is 11.2 Å². The number of imidazole rings is 1. The molecule has 1 aliphatic carbocycles. The van der Waals surface area contributed by atoms with Gasteiger partial charge >= 0.3 is 15.6 Å². The lowest BCUT2D eigenvalue weighted by Gasteiger charge is -2.20. The third kappa shape index (κ3) is 15.6. The lowest BCUT2D eigenvalue weighted by atomic mass is 10.0. The van der Waals surface area contributed by atoms with Crippen LogP contribution in [0.15, 0.2) is 37.2 Å². The molecule has 4 heterocycles. The number of carbonyl (C=O) groups is 3. The van der Waals surface area contributed by atoms with Crippen molar-refractivity contribution in [3.8, 4) is 0 Å². The van der Waals surface area contributed by atoms with Crippen LogP contribution in [0.1, 0.15) is 107 Å². The highest BCUT2D eigenvalue weighted by Gasteiger charge is 2.50. The van der Waals surface area contributed by atoms with Crippen LogP contribution in [0.4, 0.5) is 5.82 Å². The van der Waals surface area contributed by atoms with Crippen LogP contribution in [-0.2, 0) is 36.8 Å². The number of fused-ring (bicyclic) bond motifs is 1. The lowest BCUT2D eigenvalue weighted by molar-refractivity contribution is -0.765. The second kappa shape index (κ2) is 25.3. The minimum Gasteiger partial charge on any atom is -0.390 e. The first kappa shape index (κ1) is 53.7. The molecule has 5 rings (SSSR count). The Morgan fingerprint density at radius 1 is 0.862 bits per heavy atom. The molecule has 26 heteroatoms. The molecule has 3 aromatic rings. The van der Waals surface area contributed by atoms with Crippen molar-refractivity contribution >= 4 is 50.2 Å². The fourth-order valence-electron chi connectivity index (χ4n) is 7.55. The molecule has 1 saturated heterocycles. The molecule has 2 fully saturated rings. The van der Waals surface area contributed by atoms with E-state index < -0.39 is 83.5 Å². The van der Waals surface area contributed by atoms with Gasteiger partial charge in [0.15, 0.2) is 30.0 Å². The van der Waals surface area contributed by atoms with Crippen molar-refractivity contribution in [1.82, 2.24) is 24.8 Å². The van der Waals surface area contributed by atoms with E-state index in [1.807, 2.05) is 0 Å². The molecule has 65 heavy (non-hydrogen) atoms. The Morgan fingerprint density at radius 2 is 1.54 bits per heavy atom. The number of nitrogens with two attached hydrogens (primary N) is 2. The lowest BCUT2D eigenvalue weighted by Crippen LogP contribution is -2.46. The van der Waals surface area contributed by atoms with E-state index in [0.717, 1.165) is 44.9 Å². The zero-order valence-corrected chi connectivity index (χ0v) is 37.0. The highest BCUT2D eigenvalue weighted by atomic mass is 31.3. The maximum absolute atomic E-state index is 12.7. The number of nitrogens with zero attached hydrogens (tertiary/aromatic N) is 5. The molecule has 2 aliphatic rings. The summed E-state index contributed by atoms with van der Waals surface area (Å²) >= 11 is 0. The van der Waals surface area contributed by atoms with Gasteiger partial charge in [0.05, 0.1) is 31.7 Å². The Labute approximate surface area is 376 Å². The van der Waals surface area contributed by atoms with Crippen molar-refractivity contribution < 1.29 is 76.4 Å². The maximum Gasteiger partial charge on any atom is 0.481 e. The van der Waals surface area contributed by atoms with E-state index in [-0.39, 0.29) is 31.1 Å². The number of unbranched alkanes of at least 4 members (excludes halogenated alkanes) is 5. The van der Waals surface area contributed by atoms with Gasteiger partial charge in [0.25, 0.3) is 12.1 Å². The van der Waals surface area contributed by atoms with Crippen LogP contribution in [0.2, 0.25) is 0 Å². The highest BCUT2D eigenvalue weighted by Crippen LogP contribution is 2.61. The van der Waals surface area contributed by atoms with E-state index in [9.17, 15) is 53.7 Å². The first-order chi connectivity index (χ1) is 30.5. The minimum atomic E-state index is -5.38. The molecule has 0 radical (unpaired) electrons. The van der Waals surface area contributed by atoms with Crippen LogP contribution >= 0.6 is 15.6 Å². The van der Waals surface area contributed by atoms with Gasteiger partial charge in [-0.1, -0.05) is 26.7 Å². The van der Waals surface area contributed by atoms with Crippen molar-refractivity contribution in [2.45, 2.75) is 127 Å². The standard InChI is InChI=1S/C38H59N9O15P2.CH4/c39-14-7-3-5-12-26(48)11-4-1-2-6-13-29(49)41-15-9-16-42-36-30-37(44-22-43-36)47(23-45-30)27-18-25(31(50)32(27)51)20-59-63(55,56)62-64(57,58)60-21-28-33(52)34(53)38(61-28)46-17-8-10-24(19-46)35(40)54;/h8,10,17,19,22-23,25,27-28,31-34,38,50-53H,1-7,9,11-16,18,20-21,39H2,(H5-,40,41,42,43,44,49,54,55,56,57,58);1H4/p+1/t25-,27-,28-,31-,32+,33-,34-,38-;/m1./s1. The maximum atomic E-state index is 12.7. The number of hydrogen-bond acceptors (Lipinski definition) is 18. The van der Waals surface area contributed by atoms with E-state index in [0.29, 0.717) is 62.3 Å². The van der Waals surface area contributed by atoms with E-state index in [4.69, 9.17) is 25.3 Å². The van der Waals surface area contributed by atoms with Crippen molar-refractivity contribution in [2.75, 3.05) is 38.2 Å². The van der Waals surface area contributed by atoms with Crippen molar-refractivity contribution in [3.63, 3.8) is 0 Å². The molecule has 12 N–H and O–H groups in total. The Morgan fingerprint density at radius 3 is 2.23 bits per heavy atom. The number of primary amides is 1. The molecule has 2 unspecified atom stereocenters. The number of phosphoric ester groups is 2. The summed E-state index contributed by atoms with van der Waals surface area (Å²) in [6.45, 7) is -0.0780. The molecule has 10 atom stereocenters. The van der Waals surface area contributed by atoms with Gasteiger partial charge in [-0.15, -0.1) is 0 Å². The van der Waals surface area contributed by atoms with Gasteiger partial charge in [-0.3, -0.25) is 23.4 Å². The second-order valence-electron chi connectivity index (χ2n) is 15.8. The number of hydrogen-bond donors (Lipinski definition) is 10. The largest absolute Gasteiger partial charge is 0.481 e. The van der Waals surface area contributed by atoms with Gasteiger partial charge in [0.1, 0.15) is 41.5 Å². The first-order valence-corrected chi connectivity index (χ1v) is 24.2. The second-order valence-corrected chi connectivity index (χ2v) is 18.9. The van der Waals surface area contributed by atoms with Gasteiger partial charge in [-0.25, -0.2) is 24.1 Å². The van der Waals surface area contributed by atoms with E-state index in [1.165, 1.54) is 46.3 Å². The topological polar surface area (TPSA) is 367 Å². The number of aliphatic hydroxyl groups is 4. The quantitative estimate of drug-likeness (QED) is 0.0276. The van der Waals surface area contributed by atoms with Crippen molar-refractivity contribution in [1.29, 1.82) is 0 Å². The number of phosphoric acid groups is 2. The Kier molecular flexibility index (Phi) is 20.9. The fraction of sp³-hybridized carbons (Fsp3) is 0.667. The van der Waals surface area contributed by atoms with Crippen LogP contribution < -0.4 is 26.7 Å². The summed E-state index contributed by atoms with van der Waals surface area (Å²) in [5.41, 5.74) is 11.5. The average Bonchev–Trinajstić information content (AvgIpc) is 3.90. The highest BCUT2D eigenvalue weighted by molar-refractivity contribution is 7.61. The van der Waals surface area contributed by atoms with Gasteiger partial charge in [0.2, 0.25) is 5.91 Å². The molecule has 364 valence electrons. The summed E-state index contributed by atoms with van der Waals surface area (Å²) in [7, 11) is -10.7. The number of amides is 2. The number of anilines is 1. The number of ether oxygens (including phenoxy) is 1. The summed E-state index contributed by atoms with van der Waals surface area (Å²) in [5, 5.41) is 48.9. The Balaban J connectivity index is 0.00000925. The molecule has 0 aromatic carbocycles. The number of aromatic nitrogens is 5. The molecule has 1 saturated carbocycles. The summed E-state index contributed by atoms with van der Waals surface area (Å²) in [4.78, 5) is 69.2. The number of aliphatic hydroxyl groups excluding tert-OH is 4. The average molecular weight is 961 g/mol. The van der Waals surface area contributed by atoms with Crippen LogP contribution in [0, 0.1) is 5.92 Å². The van der Waals surface area contributed by atoms with Gasteiger partial charge in [0, 0.05) is 44.3 Å². The third-order valence-electron chi connectivity index (χ3n) is 11.0.